The van der Waals surface area contributed by atoms with Crippen LogP contribution in [0.2, 0.25) is 5.02 Å². The average molecular weight is 475 g/mol. The summed E-state index contributed by atoms with van der Waals surface area (Å²) in [4.78, 5) is 31.3. The Kier molecular flexibility index (Phi) is 7.74. The molecule has 1 aromatic carbocycles. The Morgan fingerprint density at radius 2 is 1.72 bits per heavy atom. The third-order valence-corrected chi connectivity index (χ3v) is 7.64. The van der Waals surface area contributed by atoms with Crippen molar-refractivity contribution in [1.82, 2.24) is 9.80 Å². The van der Waals surface area contributed by atoms with Crippen LogP contribution in [0, 0.1) is 5.41 Å². The molecule has 3 heterocycles. The van der Waals surface area contributed by atoms with Crippen molar-refractivity contribution in [2.45, 2.75) is 44.9 Å². The molecule has 0 unspecified atom stereocenters. The Morgan fingerprint density at radius 3 is 2.44 bits per heavy atom. The number of thiophene rings is 1. The number of carbonyl (C=O) groups excluding carboxylic acids is 2. The molecule has 172 valence electrons. The molecule has 0 N–H and O–H groups in total. The third-order valence-electron chi connectivity index (χ3n) is 6.51. The highest BCUT2D eigenvalue weighted by molar-refractivity contribution is 7.10. The van der Waals surface area contributed by atoms with Gasteiger partial charge in [-0.3, -0.25) is 9.59 Å². The monoisotopic (exact) mass is 474 g/mol. The quantitative estimate of drug-likeness (QED) is 0.565. The first-order valence-electron chi connectivity index (χ1n) is 11.5. The molecule has 2 saturated heterocycles. The van der Waals surface area contributed by atoms with Crippen LogP contribution in [-0.4, -0.2) is 54.4 Å². The van der Waals surface area contributed by atoms with Crippen molar-refractivity contribution in [1.29, 1.82) is 0 Å². The molecule has 0 spiro atoms. The van der Waals surface area contributed by atoms with Crippen molar-refractivity contribution < 1.29 is 14.3 Å². The van der Waals surface area contributed by atoms with Gasteiger partial charge in [0.15, 0.2) is 0 Å². The van der Waals surface area contributed by atoms with Crippen LogP contribution in [0.15, 0.2) is 41.8 Å². The van der Waals surface area contributed by atoms with E-state index in [-0.39, 0.29) is 17.2 Å². The summed E-state index contributed by atoms with van der Waals surface area (Å²) in [6.45, 7) is 3.40. The second-order valence-corrected chi connectivity index (χ2v) is 10.5. The molecule has 1 aromatic heterocycles. The van der Waals surface area contributed by atoms with Gasteiger partial charge >= 0.3 is 0 Å². The van der Waals surface area contributed by atoms with Gasteiger partial charge in [0.2, 0.25) is 11.8 Å². The highest BCUT2D eigenvalue weighted by Gasteiger charge is 2.41. The number of carbonyl (C=O) groups is 2. The normalized spacial score (nSPS) is 21.4. The van der Waals surface area contributed by atoms with Gasteiger partial charge in [0.1, 0.15) is 5.75 Å². The van der Waals surface area contributed by atoms with Crippen molar-refractivity contribution in [2.75, 3.05) is 32.8 Å². The lowest BCUT2D eigenvalue weighted by atomic mass is 9.77. The topological polar surface area (TPSA) is 49.9 Å². The molecule has 32 heavy (non-hydrogen) atoms. The van der Waals surface area contributed by atoms with Crippen LogP contribution in [0.25, 0.3) is 0 Å². The minimum absolute atomic E-state index is 0.133. The number of ether oxygens (including phenoxy) is 1. The first kappa shape index (κ1) is 23.1. The predicted molar refractivity (Wildman–Crippen MR) is 128 cm³/mol. The molecule has 2 fully saturated rings. The number of nitrogens with zero attached hydrogens (tertiary/aromatic N) is 2. The molecular weight excluding hydrogens is 444 g/mol. The minimum atomic E-state index is -0.377. The fourth-order valence-electron chi connectivity index (χ4n) is 4.75. The van der Waals surface area contributed by atoms with E-state index in [0.717, 1.165) is 55.9 Å². The fraction of sp³-hybridized carbons (Fsp3) is 0.520. The van der Waals surface area contributed by atoms with Crippen molar-refractivity contribution in [2.24, 2.45) is 5.41 Å². The van der Waals surface area contributed by atoms with E-state index in [0.29, 0.717) is 31.0 Å². The molecule has 0 radical (unpaired) electrons. The van der Waals surface area contributed by atoms with Gasteiger partial charge in [0.25, 0.3) is 0 Å². The zero-order valence-corrected chi connectivity index (χ0v) is 20.0. The van der Waals surface area contributed by atoms with Crippen molar-refractivity contribution in [3.8, 4) is 5.75 Å². The minimum Gasteiger partial charge on any atom is -0.493 e. The summed E-state index contributed by atoms with van der Waals surface area (Å²) in [5, 5.41) is 2.66. The summed E-state index contributed by atoms with van der Waals surface area (Å²) in [7, 11) is 0. The van der Waals surface area contributed by atoms with E-state index in [9.17, 15) is 9.59 Å². The summed E-state index contributed by atoms with van der Waals surface area (Å²) in [5.74, 6) is 1.06. The van der Waals surface area contributed by atoms with Gasteiger partial charge in [-0.25, -0.2) is 0 Å². The summed E-state index contributed by atoms with van der Waals surface area (Å²) >= 11 is 7.62. The zero-order chi connectivity index (χ0) is 22.4. The highest BCUT2D eigenvalue weighted by Crippen LogP contribution is 2.36. The summed E-state index contributed by atoms with van der Waals surface area (Å²) in [6.07, 6.45) is 5.95. The van der Waals surface area contributed by atoms with Crippen LogP contribution >= 0.6 is 22.9 Å². The van der Waals surface area contributed by atoms with E-state index < -0.39 is 0 Å². The van der Waals surface area contributed by atoms with Crippen LogP contribution in [-0.2, 0) is 16.0 Å². The fourth-order valence-corrected chi connectivity index (χ4v) is 5.57. The first-order chi connectivity index (χ1) is 15.5. The Hall–Kier alpha value is -2.05. The number of hydrogen-bond acceptors (Lipinski definition) is 4. The van der Waals surface area contributed by atoms with E-state index in [1.165, 1.54) is 6.42 Å². The van der Waals surface area contributed by atoms with Gasteiger partial charge in [-0.1, -0.05) is 17.7 Å². The van der Waals surface area contributed by atoms with Crippen LogP contribution in [0.4, 0.5) is 0 Å². The molecule has 2 aromatic rings. The van der Waals surface area contributed by atoms with E-state index in [2.05, 4.69) is 0 Å². The number of hydrogen-bond donors (Lipinski definition) is 0. The molecule has 0 bridgehead atoms. The van der Waals surface area contributed by atoms with Gasteiger partial charge in [0, 0.05) is 47.9 Å². The highest BCUT2D eigenvalue weighted by atomic mass is 35.5. The molecule has 0 aliphatic carbocycles. The van der Waals surface area contributed by atoms with Crippen LogP contribution in [0.3, 0.4) is 0 Å². The van der Waals surface area contributed by atoms with E-state index in [4.69, 9.17) is 16.3 Å². The smallest absolute Gasteiger partial charge is 0.227 e. The number of likely N-dealkylation sites (tertiary alicyclic amines) is 2. The van der Waals surface area contributed by atoms with E-state index >= 15 is 0 Å². The predicted octanol–water partition coefficient (Wildman–Crippen LogP) is 5.03. The molecule has 1 atom stereocenters. The van der Waals surface area contributed by atoms with Crippen LogP contribution in [0.1, 0.15) is 43.4 Å². The molecule has 0 saturated carbocycles. The largest absolute Gasteiger partial charge is 0.493 e. The number of halogens is 1. The van der Waals surface area contributed by atoms with Gasteiger partial charge in [-0.05, 0) is 67.8 Å². The van der Waals surface area contributed by atoms with Crippen LogP contribution < -0.4 is 4.74 Å². The first-order valence-corrected chi connectivity index (χ1v) is 12.8. The summed E-state index contributed by atoms with van der Waals surface area (Å²) in [5.41, 5.74) is -0.377. The number of amides is 2. The van der Waals surface area contributed by atoms with Crippen LogP contribution in [0.5, 0.6) is 5.75 Å². The molecule has 7 heteroatoms. The maximum Gasteiger partial charge on any atom is 0.227 e. The Bertz CT molecular complexity index is 896. The number of benzene rings is 1. The number of piperidine rings is 2. The molecular formula is C25H31ClN2O3S. The standard InChI is InChI=1S/C25H31ClN2O3S/c26-20-7-9-21(10-8-20)31-19-25(17-24(30)27-12-2-1-3-13-27)11-5-14-28(18-25)23(29)16-22-6-4-15-32-22/h4,6-10,15H,1-3,5,11-14,16-19H2/t25-/m1/s1. The maximum atomic E-state index is 13.2. The van der Waals surface area contributed by atoms with Crippen molar-refractivity contribution >= 4 is 34.8 Å². The molecule has 5 nitrogen and oxygen atoms in total. The van der Waals surface area contributed by atoms with Gasteiger partial charge in [-0.2, -0.15) is 0 Å². The zero-order valence-electron chi connectivity index (χ0n) is 18.4. The summed E-state index contributed by atoms with van der Waals surface area (Å²) in [6, 6.07) is 11.3. The average Bonchev–Trinajstić information content (AvgIpc) is 3.32. The van der Waals surface area contributed by atoms with E-state index in [1.807, 2.05) is 39.4 Å². The lowest BCUT2D eigenvalue weighted by Gasteiger charge is -2.43. The molecule has 2 aliphatic rings. The molecule has 2 amide bonds. The number of rotatable bonds is 7. The Balaban J connectivity index is 1.48. The lowest BCUT2D eigenvalue weighted by molar-refractivity contribution is -0.141. The molecule has 4 rings (SSSR count). The van der Waals surface area contributed by atoms with Gasteiger partial charge in [0.05, 0.1) is 13.0 Å². The SMILES string of the molecule is O=C(C[C@]1(COc2ccc(Cl)cc2)CCCN(C(=O)Cc2cccs2)C1)N1CCCCC1. The summed E-state index contributed by atoms with van der Waals surface area (Å²) < 4.78 is 6.16. The lowest BCUT2D eigenvalue weighted by Crippen LogP contribution is -2.51. The van der Waals surface area contributed by atoms with Gasteiger partial charge in [-0.15, -0.1) is 11.3 Å². The maximum absolute atomic E-state index is 13.2. The second kappa shape index (κ2) is 10.7. The van der Waals surface area contributed by atoms with Crippen molar-refractivity contribution in [3.63, 3.8) is 0 Å². The van der Waals surface area contributed by atoms with Crippen molar-refractivity contribution in [3.05, 3.63) is 51.7 Å². The Morgan fingerprint density at radius 1 is 0.969 bits per heavy atom. The second-order valence-electron chi connectivity index (χ2n) is 9.04. The molecule has 2 aliphatic heterocycles. The van der Waals surface area contributed by atoms with Gasteiger partial charge < -0.3 is 14.5 Å². The van der Waals surface area contributed by atoms with E-state index in [1.54, 1.807) is 23.5 Å². The Labute approximate surface area is 199 Å². The third kappa shape index (κ3) is 6.04.